The van der Waals surface area contributed by atoms with Gasteiger partial charge in [-0.2, -0.15) is 0 Å². The SMILES string of the molecule is CCCn1ccc2sc(C)c(C(=O)NCCC(C)C)c2c1=O. The molecule has 0 atom stereocenters. The maximum Gasteiger partial charge on any atom is 0.260 e. The predicted molar refractivity (Wildman–Crippen MR) is 92.9 cm³/mol. The summed E-state index contributed by atoms with van der Waals surface area (Å²) in [6.07, 6.45) is 3.65. The zero-order valence-electron chi connectivity index (χ0n) is 13.7. The quantitative estimate of drug-likeness (QED) is 0.885. The molecule has 5 heteroatoms. The van der Waals surface area contributed by atoms with Gasteiger partial charge in [-0.05, 0) is 31.7 Å². The van der Waals surface area contributed by atoms with E-state index in [4.69, 9.17) is 0 Å². The molecular formula is C17H24N2O2S. The number of hydrogen-bond acceptors (Lipinski definition) is 3. The van der Waals surface area contributed by atoms with Gasteiger partial charge in [-0.25, -0.2) is 0 Å². The van der Waals surface area contributed by atoms with E-state index in [1.54, 1.807) is 4.57 Å². The summed E-state index contributed by atoms with van der Waals surface area (Å²) in [6.45, 7) is 9.52. The van der Waals surface area contributed by atoms with E-state index < -0.39 is 0 Å². The molecule has 120 valence electrons. The average Bonchev–Trinajstić information content (AvgIpc) is 2.78. The second-order valence-corrected chi connectivity index (χ2v) is 7.28. The highest BCUT2D eigenvalue weighted by Crippen LogP contribution is 2.28. The van der Waals surface area contributed by atoms with E-state index in [1.807, 2.05) is 26.1 Å². The van der Waals surface area contributed by atoms with Gasteiger partial charge in [0, 0.05) is 28.9 Å². The summed E-state index contributed by atoms with van der Waals surface area (Å²) in [6, 6.07) is 1.94. The van der Waals surface area contributed by atoms with Gasteiger partial charge in [0.15, 0.2) is 0 Å². The van der Waals surface area contributed by atoms with Crippen molar-refractivity contribution in [1.29, 1.82) is 0 Å². The van der Waals surface area contributed by atoms with Crippen LogP contribution in [0.5, 0.6) is 0 Å². The lowest BCUT2D eigenvalue weighted by Crippen LogP contribution is -2.27. The molecule has 0 aliphatic carbocycles. The second kappa shape index (κ2) is 7.09. The molecule has 0 fully saturated rings. The first-order chi connectivity index (χ1) is 10.5. The van der Waals surface area contributed by atoms with Crippen LogP contribution < -0.4 is 10.9 Å². The van der Waals surface area contributed by atoms with Crippen molar-refractivity contribution in [2.45, 2.75) is 47.1 Å². The number of carbonyl (C=O) groups excluding carboxylic acids is 1. The first-order valence-electron chi connectivity index (χ1n) is 7.86. The minimum absolute atomic E-state index is 0.0577. The van der Waals surface area contributed by atoms with Gasteiger partial charge in [0.1, 0.15) is 0 Å². The molecule has 1 amide bonds. The first kappa shape index (κ1) is 16.7. The van der Waals surface area contributed by atoms with Crippen LogP contribution in [0.1, 0.15) is 48.8 Å². The van der Waals surface area contributed by atoms with E-state index in [0.29, 0.717) is 30.0 Å². The zero-order valence-corrected chi connectivity index (χ0v) is 14.5. The van der Waals surface area contributed by atoms with E-state index >= 15 is 0 Å². The molecular weight excluding hydrogens is 296 g/mol. The number of aromatic nitrogens is 1. The van der Waals surface area contributed by atoms with Crippen LogP contribution >= 0.6 is 11.3 Å². The molecule has 0 aliphatic heterocycles. The Balaban J connectivity index is 2.40. The Morgan fingerprint density at radius 2 is 2.14 bits per heavy atom. The Bertz CT molecular complexity index is 728. The molecule has 2 aromatic heterocycles. The third-order valence-electron chi connectivity index (χ3n) is 3.69. The van der Waals surface area contributed by atoms with Crippen LogP contribution in [0.4, 0.5) is 0 Å². The number of nitrogens with zero attached hydrogens (tertiary/aromatic N) is 1. The Morgan fingerprint density at radius 3 is 2.77 bits per heavy atom. The fourth-order valence-electron chi connectivity index (χ4n) is 2.52. The monoisotopic (exact) mass is 320 g/mol. The Kier molecular flexibility index (Phi) is 5.40. The maximum absolute atomic E-state index is 12.6. The summed E-state index contributed by atoms with van der Waals surface area (Å²) >= 11 is 1.51. The van der Waals surface area contributed by atoms with Crippen LogP contribution in [0.15, 0.2) is 17.1 Å². The van der Waals surface area contributed by atoms with Gasteiger partial charge < -0.3 is 9.88 Å². The lowest BCUT2D eigenvalue weighted by atomic mass is 10.1. The van der Waals surface area contributed by atoms with Crippen molar-refractivity contribution in [3.8, 4) is 0 Å². The number of carbonyl (C=O) groups is 1. The third kappa shape index (κ3) is 3.40. The summed E-state index contributed by atoms with van der Waals surface area (Å²) in [5.41, 5.74) is 0.497. The molecule has 0 aliphatic rings. The average molecular weight is 320 g/mol. The number of nitrogens with one attached hydrogen (secondary N) is 1. The van der Waals surface area contributed by atoms with Gasteiger partial charge in [0.25, 0.3) is 11.5 Å². The normalized spacial score (nSPS) is 11.3. The molecule has 0 unspecified atom stereocenters. The molecule has 0 spiro atoms. The van der Waals surface area contributed by atoms with Crippen molar-refractivity contribution < 1.29 is 4.79 Å². The molecule has 2 rings (SSSR count). The number of rotatable bonds is 6. The van der Waals surface area contributed by atoms with Gasteiger partial charge in [0.05, 0.1) is 10.9 Å². The van der Waals surface area contributed by atoms with E-state index in [1.165, 1.54) is 11.3 Å². The van der Waals surface area contributed by atoms with Crippen molar-refractivity contribution in [2.24, 2.45) is 5.92 Å². The van der Waals surface area contributed by atoms with Gasteiger partial charge >= 0.3 is 0 Å². The third-order valence-corrected chi connectivity index (χ3v) is 4.76. The molecule has 2 aromatic rings. The summed E-state index contributed by atoms with van der Waals surface area (Å²) in [5.74, 6) is 0.415. The van der Waals surface area contributed by atoms with E-state index in [9.17, 15) is 9.59 Å². The summed E-state index contributed by atoms with van der Waals surface area (Å²) < 4.78 is 2.59. The van der Waals surface area contributed by atoms with Crippen LogP contribution in [0.25, 0.3) is 10.1 Å². The van der Waals surface area contributed by atoms with E-state index in [2.05, 4.69) is 19.2 Å². The number of fused-ring (bicyclic) bond motifs is 1. The molecule has 0 aromatic carbocycles. The van der Waals surface area contributed by atoms with Crippen molar-refractivity contribution in [3.05, 3.63) is 33.1 Å². The number of amides is 1. The van der Waals surface area contributed by atoms with Crippen molar-refractivity contribution >= 4 is 27.3 Å². The molecule has 22 heavy (non-hydrogen) atoms. The molecule has 0 radical (unpaired) electrons. The highest BCUT2D eigenvalue weighted by atomic mass is 32.1. The topological polar surface area (TPSA) is 51.1 Å². The van der Waals surface area contributed by atoms with Crippen LogP contribution in [0, 0.1) is 12.8 Å². The Morgan fingerprint density at radius 1 is 1.41 bits per heavy atom. The fourth-order valence-corrected chi connectivity index (χ4v) is 3.57. The minimum Gasteiger partial charge on any atom is -0.352 e. The van der Waals surface area contributed by atoms with Crippen LogP contribution in [0.3, 0.4) is 0 Å². The molecule has 0 bridgehead atoms. The number of hydrogen-bond donors (Lipinski definition) is 1. The van der Waals surface area contributed by atoms with Crippen molar-refractivity contribution in [3.63, 3.8) is 0 Å². The molecule has 0 saturated heterocycles. The highest BCUT2D eigenvalue weighted by molar-refractivity contribution is 7.19. The van der Waals surface area contributed by atoms with Crippen LogP contribution in [0.2, 0.25) is 0 Å². The van der Waals surface area contributed by atoms with E-state index in [0.717, 1.165) is 22.4 Å². The van der Waals surface area contributed by atoms with Gasteiger partial charge in [-0.1, -0.05) is 20.8 Å². The van der Waals surface area contributed by atoms with Gasteiger partial charge in [-0.3, -0.25) is 9.59 Å². The minimum atomic E-state index is -0.129. The predicted octanol–water partition coefficient (Wildman–Crippen LogP) is 3.56. The second-order valence-electron chi connectivity index (χ2n) is 6.03. The fraction of sp³-hybridized carbons (Fsp3) is 0.529. The van der Waals surface area contributed by atoms with Crippen LogP contribution in [-0.2, 0) is 6.54 Å². The zero-order chi connectivity index (χ0) is 16.3. The molecule has 1 N–H and O–H groups in total. The van der Waals surface area contributed by atoms with Crippen molar-refractivity contribution in [2.75, 3.05) is 6.54 Å². The lowest BCUT2D eigenvalue weighted by molar-refractivity contribution is 0.0953. The van der Waals surface area contributed by atoms with E-state index in [-0.39, 0.29) is 11.5 Å². The summed E-state index contributed by atoms with van der Waals surface area (Å²) in [7, 11) is 0. The van der Waals surface area contributed by atoms with Crippen LogP contribution in [-0.4, -0.2) is 17.0 Å². The highest BCUT2D eigenvalue weighted by Gasteiger charge is 2.19. The summed E-state index contributed by atoms with van der Waals surface area (Å²) in [4.78, 5) is 26.0. The molecule has 0 saturated carbocycles. The largest absolute Gasteiger partial charge is 0.352 e. The smallest absolute Gasteiger partial charge is 0.260 e. The van der Waals surface area contributed by atoms with Crippen molar-refractivity contribution in [1.82, 2.24) is 9.88 Å². The summed E-state index contributed by atoms with van der Waals surface area (Å²) in [5, 5.41) is 3.52. The maximum atomic E-state index is 12.6. The Hall–Kier alpha value is -1.62. The molecule has 4 nitrogen and oxygen atoms in total. The van der Waals surface area contributed by atoms with Gasteiger partial charge in [0.2, 0.25) is 0 Å². The molecule has 2 heterocycles. The first-order valence-corrected chi connectivity index (χ1v) is 8.68. The lowest BCUT2D eigenvalue weighted by Gasteiger charge is -2.08. The van der Waals surface area contributed by atoms with Gasteiger partial charge in [-0.15, -0.1) is 11.3 Å². The number of thiophene rings is 1. The Labute approximate surface area is 135 Å². The number of pyridine rings is 1. The standard InChI is InChI=1S/C17H24N2O2S/c1-5-9-19-10-7-13-15(17(19)21)14(12(4)22-13)16(20)18-8-6-11(2)3/h7,10-11H,5-6,8-9H2,1-4H3,(H,18,20). The number of aryl methyl sites for hydroxylation is 2.